The van der Waals surface area contributed by atoms with Crippen molar-refractivity contribution in [2.24, 2.45) is 0 Å². The lowest BCUT2D eigenvalue weighted by Gasteiger charge is -2.10. The predicted molar refractivity (Wildman–Crippen MR) is 143 cm³/mol. The van der Waals surface area contributed by atoms with E-state index in [-0.39, 0.29) is 65.1 Å². The summed E-state index contributed by atoms with van der Waals surface area (Å²) in [5, 5.41) is 83.0. The van der Waals surface area contributed by atoms with E-state index in [2.05, 4.69) is 0 Å². The number of ether oxygens (including phenoxy) is 2. The topological polar surface area (TPSA) is 221 Å². The van der Waals surface area contributed by atoms with Crippen LogP contribution in [0, 0.1) is 0 Å². The summed E-state index contributed by atoms with van der Waals surface area (Å²) in [4.78, 5) is 0. The molecule has 4 atom stereocenters. The van der Waals surface area contributed by atoms with Gasteiger partial charge in [-0.15, -0.1) is 0 Å². The Morgan fingerprint density at radius 1 is 0.405 bits per heavy atom. The molecule has 0 saturated carbocycles. The van der Waals surface area contributed by atoms with Crippen molar-refractivity contribution in [3.63, 3.8) is 0 Å². The standard InChI is InChI=1S/2C6H14O3.C5H12O2.2C4H10O2/c2*1-5(8)4-9-6(2)3-7;6-4-2-1-3-5-7;2*5-3-1-2-4-6/h2*5-8H,3-4H2,1-2H3;6-7H,1-5H2;2*5-6H,1-4H2. The van der Waals surface area contributed by atoms with E-state index in [1.807, 2.05) is 0 Å². The fourth-order valence-electron chi connectivity index (χ4n) is 1.56. The van der Waals surface area contributed by atoms with Gasteiger partial charge >= 0.3 is 0 Å². The molecule has 0 radical (unpaired) electrons. The number of aliphatic hydroxyl groups excluding tert-OH is 10. The molecule has 0 aliphatic carbocycles. The van der Waals surface area contributed by atoms with E-state index in [0.29, 0.717) is 13.2 Å². The molecule has 0 spiro atoms. The molecule has 0 rings (SSSR count). The lowest BCUT2D eigenvalue weighted by molar-refractivity contribution is -0.0177. The second kappa shape index (κ2) is 45.4. The minimum atomic E-state index is -0.445. The van der Waals surface area contributed by atoms with Gasteiger partial charge in [-0.25, -0.2) is 0 Å². The van der Waals surface area contributed by atoms with Crippen molar-refractivity contribution in [3.8, 4) is 0 Å². The molecule has 0 aliphatic heterocycles. The fraction of sp³-hybridized carbons (Fsp3) is 1.00. The van der Waals surface area contributed by atoms with Crippen LogP contribution in [0.25, 0.3) is 0 Å². The Hall–Kier alpha value is -0.480. The van der Waals surface area contributed by atoms with Gasteiger partial charge in [-0.3, -0.25) is 0 Å². The number of hydrogen-bond acceptors (Lipinski definition) is 12. The smallest absolute Gasteiger partial charge is 0.0779 e. The maximum atomic E-state index is 8.69. The van der Waals surface area contributed by atoms with Gasteiger partial charge in [0.15, 0.2) is 0 Å². The second-order valence-corrected chi connectivity index (χ2v) is 8.17. The maximum Gasteiger partial charge on any atom is 0.0779 e. The quantitative estimate of drug-likeness (QED) is 0.0942. The van der Waals surface area contributed by atoms with Crippen molar-refractivity contribution in [1.29, 1.82) is 0 Å². The number of aliphatic hydroxyl groups is 10. The Morgan fingerprint density at radius 3 is 0.784 bits per heavy atom. The van der Waals surface area contributed by atoms with Crippen LogP contribution in [-0.2, 0) is 9.47 Å². The summed E-state index contributed by atoms with van der Waals surface area (Å²) in [7, 11) is 0. The molecule has 0 aliphatic rings. The summed E-state index contributed by atoms with van der Waals surface area (Å²) in [5.74, 6) is 0. The summed E-state index contributed by atoms with van der Waals surface area (Å²) < 4.78 is 9.91. The Balaban J connectivity index is -0.000000117. The van der Waals surface area contributed by atoms with Crippen molar-refractivity contribution in [2.45, 2.75) is 97.1 Å². The van der Waals surface area contributed by atoms with Gasteiger partial charge in [0.05, 0.1) is 50.8 Å². The monoisotopic (exact) mass is 552 g/mol. The zero-order chi connectivity index (χ0) is 29.7. The van der Waals surface area contributed by atoms with E-state index in [1.54, 1.807) is 27.7 Å². The first-order valence-corrected chi connectivity index (χ1v) is 13.0. The van der Waals surface area contributed by atoms with Gasteiger partial charge in [-0.05, 0) is 72.6 Å². The minimum Gasteiger partial charge on any atom is -0.396 e. The number of unbranched alkanes of at least 4 members (excludes halogenated alkanes) is 4. The average molecular weight is 553 g/mol. The van der Waals surface area contributed by atoms with Gasteiger partial charge in [0, 0.05) is 39.6 Å². The first kappa shape index (κ1) is 46.4. The molecular formula is C25H60O12. The molecule has 12 heteroatoms. The van der Waals surface area contributed by atoms with E-state index in [4.69, 9.17) is 60.5 Å². The minimum absolute atomic E-state index is 0.00667. The molecule has 0 amide bonds. The van der Waals surface area contributed by atoms with Gasteiger partial charge in [-0.2, -0.15) is 0 Å². The molecule has 12 nitrogen and oxygen atoms in total. The molecular weight excluding hydrogens is 492 g/mol. The SMILES string of the molecule is CC(O)COC(C)CO.CC(O)COC(C)CO.OCCCCCO.OCCCCO.OCCCCO. The highest BCUT2D eigenvalue weighted by Gasteiger charge is 2.01. The highest BCUT2D eigenvalue weighted by molar-refractivity contribution is 4.48. The molecule has 37 heavy (non-hydrogen) atoms. The van der Waals surface area contributed by atoms with Crippen molar-refractivity contribution in [2.75, 3.05) is 66.1 Å². The lowest BCUT2D eigenvalue weighted by atomic mass is 10.2. The largest absolute Gasteiger partial charge is 0.396 e. The number of rotatable bonds is 18. The lowest BCUT2D eigenvalue weighted by Crippen LogP contribution is -2.19. The molecule has 0 heterocycles. The molecule has 232 valence electrons. The van der Waals surface area contributed by atoms with Crippen LogP contribution >= 0.6 is 0 Å². The van der Waals surface area contributed by atoms with Gasteiger partial charge < -0.3 is 60.5 Å². The van der Waals surface area contributed by atoms with Crippen molar-refractivity contribution in [3.05, 3.63) is 0 Å². The summed E-state index contributed by atoms with van der Waals surface area (Å²) in [6, 6.07) is 0. The van der Waals surface area contributed by atoms with Crippen LogP contribution in [0.5, 0.6) is 0 Å². The Bertz CT molecular complexity index is 299. The van der Waals surface area contributed by atoms with Crippen molar-refractivity contribution >= 4 is 0 Å². The van der Waals surface area contributed by atoms with E-state index >= 15 is 0 Å². The summed E-state index contributed by atoms with van der Waals surface area (Å²) in [6.45, 7) is 8.67. The zero-order valence-corrected chi connectivity index (χ0v) is 23.6. The van der Waals surface area contributed by atoms with E-state index in [9.17, 15) is 0 Å². The Labute approximate surface area is 224 Å². The van der Waals surface area contributed by atoms with Crippen LogP contribution in [0.3, 0.4) is 0 Å². The van der Waals surface area contributed by atoms with Crippen LogP contribution in [0.4, 0.5) is 0 Å². The van der Waals surface area contributed by atoms with Gasteiger partial charge in [0.1, 0.15) is 0 Å². The van der Waals surface area contributed by atoms with Crippen LogP contribution in [0.2, 0.25) is 0 Å². The van der Waals surface area contributed by atoms with E-state index < -0.39 is 12.2 Å². The van der Waals surface area contributed by atoms with Gasteiger partial charge in [0.2, 0.25) is 0 Å². The Kier molecular flexibility index (Phi) is 57.0. The fourth-order valence-corrected chi connectivity index (χ4v) is 1.56. The second-order valence-electron chi connectivity index (χ2n) is 8.17. The molecule has 0 aromatic carbocycles. The van der Waals surface area contributed by atoms with E-state index in [1.165, 1.54) is 0 Å². The molecule has 0 saturated heterocycles. The summed E-state index contributed by atoms with van der Waals surface area (Å²) in [6.07, 6.45) is 4.23. The molecule has 0 aromatic rings. The van der Waals surface area contributed by atoms with Gasteiger partial charge in [0.25, 0.3) is 0 Å². The molecule has 0 bridgehead atoms. The van der Waals surface area contributed by atoms with E-state index in [0.717, 1.165) is 44.9 Å². The molecule has 4 unspecified atom stereocenters. The van der Waals surface area contributed by atoms with Crippen molar-refractivity contribution < 1.29 is 60.5 Å². The first-order chi connectivity index (χ1) is 17.6. The van der Waals surface area contributed by atoms with Crippen LogP contribution in [-0.4, -0.2) is 142 Å². The highest BCUT2D eigenvalue weighted by Crippen LogP contribution is 1.91. The third-order valence-corrected chi connectivity index (χ3v) is 3.71. The third kappa shape index (κ3) is 72.1. The normalized spacial score (nSPS) is 13.1. The van der Waals surface area contributed by atoms with Crippen LogP contribution < -0.4 is 0 Å². The van der Waals surface area contributed by atoms with Crippen LogP contribution in [0.15, 0.2) is 0 Å². The third-order valence-electron chi connectivity index (χ3n) is 3.71. The average Bonchev–Trinajstić information content (AvgIpc) is 2.89. The highest BCUT2D eigenvalue weighted by atomic mass is 16.5. The molecule has 0 aromatic heterocycles. The molecule has 0 fully saturated rings. The van der Waals surface area contributed by atoms with Crippen LogP contribution in [0.1, 0.15) is 72.6 Å². The summed E-state index contributed by atoms with van der Waals surface area (Å²) in [5.41, 5.74) is 0. The first-order valence-electron chi connectivity index (χ1n) is 13.0. The predicted octanol–water partition coefficient (Wildman–Crippen LogP) is -0.827. The van der Waals surface area contributed by atoms with Crippen molar-refractivity contribution in [1.82, 2.24) is 0 Å². The molecule has 10 N–H and O–H groups in total. The Morgan fingerprint density at radius 2 is 0.622 bits per heavy atom. The maximum absolute atomic E-state index is 8.69. The zero-order valence-electron chi connectivity index (χ0n) is 23.6. The summed E-state index contributed by atoms with van der Waals surface area (Å²) >= 11 is 0. The van der Waals surface area contributed by atoms with Gasteiger partial charge in [-0.1, -0.05) is 0 Å². The number of hydrogen-bond donors (Lipinski definition) is 10.